The lowest BCUT2D eigenvalue weighted by Gasteiger charge is -2.49. The van der Waals surface area contributed by atoms with E-state index in [1.165, 1.54) is 0 Å². The van der Waals surface area contributed by atoms with Gasteiger partial charge in [-0.2, -0.15) is 0 Å². The molecule has 1 unspecified atom stereocenters. The molecule has 6 heterocycles. The van der Waals surface area contributed by atoms with Crippen molar-refractivity contribution in [1.29, 1.82) is 0 Å². The van der Waals surface area contributed by atoms with Gasteiger partial charge in [0, 0.05) is 0 Å². The van der Waals surface area contributed by atoms with Crippen LogP contribution in [-0.4, -0.2) is 304 Å². The van der Waals surface area contributed by atoms with Crippen molar-refractivity contribution in [1.82, 2.24) is 0 Å². The Morgan fingerprint density at radius 1 is 0.333 bits per heavy atom. The summed E-state index contributed by atoms with van der Waals surface area (Å²) in [6.07, 6.45) is -51.5. The number of ether oxygens (including phenoxy) is 11. The van der Waals surface area contributed by atoms with Crippen LogP contribution < -0.4 is 0 Å². The summed E-state index contributed by atoms with van der Waals surface area (Å²) >= 11 is 0. The van der Waals surface area contributed by atoms with Crippen LogP contribution in [0, 0.1) is 0 Å². The third-order valence-electron chi connectivity index (χ3n) is 11.6. The largest absolute Gasteiger partial charge is 0.394 e. The van der Waals surface area contributed by atoms with Crippen molar-refractivity contribution in [3.63, 3.8) is 0 Å². The molecule has 0 aromatic carbocycles. The fraction of sp³-hybridized carbons (Fsp3) is 1.00. The van der Waals surface area contributed by atoms with Crippen LogP contribution in [0.3, 0.4) is 0 Å². The maximum absolute atomic E-state index is 11.5. The second-order valence-corrected chi connectivity index (χ2v) is 15.9. The first kappa shape index (κ1) is 51.2. The highest BCUT2D eigenvalue weighted by molar-refractivity contribution is 4.98. The average molecular weight is 931 g/mol. The van der Waals surface area contributed by atoms with Crippen molar-refractivity contribution in [3.05, 3.63) is 0 Å². The molecule has 0 aromatic heterocycles. The van der Waals surface area contributed by atoms with Crippen LogP contribution in [0.4, 0.5) is 0 Å². The third kappa shape index (κ3) is 10.9. The molecule has 0 aliphatic carbocycles. The number of rotatable bonds is 14. The van der Waals surface area contributed by atoms with Crippen molar-refractivity contribution in [2.45, 2.75) is 172 Å². The lowest BCUT2D eigenvalue weighted by atomic mass is 9.95. The first-order valence-corrected chi connectivity index (χ1v) is 19.9. The molecule has 6 fully saturated rings. The molecule has 0 aromatic rings. The van der Waals surface area contributed by atoms with E-state index in [2.05, 4.69) is 0 Å². The van der Waals surface area contributed by atoms with Crippen molar-refractivity contribution in [2.75, 3.05) is 39.6 Å². The van der Waals surface area contributed by atoms with Gasteiger partial charge >= 0.3 is 0 Å². The van der Waals surface area contributed by atoms with Crippen LogP contribution in [0.2, 0.25) is 0 Å². The van der Waals surface area contributed by atoms with Gasteiger partial charge in [-0.05, 0) is 0 Å². The number of hydrogen-bond donors (Lipinski definition) is 18. The fourth-order valence-corrected chi connectivity index (χ4v) is 7.75. The molecule has 6 aliphatic rings. The third-order valence-corrected chi connectivity index (χ3v) is 11.6. The topological polar surface area (TPSA) is 466 Å². The second-order valence-electron chi connectivity index (χ2n) is 15.9. The monoisotopic (exact) mass is 930 g/mol. The van der Waals surface area contributed by atoms with Crippen molar-refractivity contribution < 1.29 is 144 Å². The average Bonchev–Trinajstić information content (AvgIpc) is 3.26. The van der Waals surface area contributed by atoms with E-state index < -0.39 is 212 Å². The van der Waals surface area contributed by atoms with Crippen molar-refractivity contribution in [2.24, 2.45) is 0 Å². The Bertz CT molecular complexity index is 1400. The maximum Gasteiger partial charge on any atom is 0.187 e. The van der Waals surface area contributed by atoms with E-state index >= 15 is 0 Å². The highest BCUT2D eigenvalue weighted by Gasteiger charge is 2.56. The van der Waals surface area contributed by atoms with E-state index in [-0.39, 0.29) is 0 Å². The van der Waals surface area contributed by atoms with E-state index in [1.54, 1.807) is 0 Å². The zero-order chi connectivity index (χ0) is 46.2. The van der Waals surface area contributed by atoms with E-state index in [9.17, 15) is 91.9 Å². The molecule has 0 saturated carbocycles. The second kappa shape index (κ2) is 21.9. The lowest BCUT2D eigenvalue weighted by Crippen LogP contribution is -2.67. The van der Waals surface area contributed by atoms with E-state index in [1.807, 2.05) is 0 Å². The Labute approximate surface area is 355 Å². The van der Waals surface area contributed by atoms with Gasteiger partial charge in [0.15, 0.2) is 37.7 Å². The van der Waals surface area contributed by atoms with Crippen LogP contribution in [0.15, 0.2) is 0 Å². The Kier molecular flexibility index (Phi) is 17.8. The molecular formula is C34H58O29. The smallest absolute Gasteiger partial charge is 0.187 e. The molecule has 29 nitrogen and oxygen atoms in total. The standard InChI is InChI=1S/C34H58O29/c35-1-9-26(17(43)20(46)29(52)57-9)61-33-24(50)18(44)27(10(2-36)58-33)62-34-25(51)19(45)28(12(60-34)6-56-31-22(48)14(40)8(38)4-54-31)63-32-23(49)16(42)15(41)11(59-32)5-55-30-21(47)13(39)7(37)3-53-30/h7-52H,1-6H2/t7-,8-,9-,10-,11-,12-,13+,14+,15-,16+,17-,18-,19-,20-,21-,22-,23-,24-,25-,26-,27-,28-,29?,30-,31-,32+,33+,34+/m1/s1. The van der Waals surface area contributed by atoms with E-state index in [4.69, 9.17) is 52.1 Å². The molecule has 63 heavy (non-hydrogen) atoms. The molecule has 0 amide bonds. The van der Waals surface area contributed by atoms with Crippen LogP contribution in [0.5, 0.6) is 0 Å². The molecular weight excluding hydrogens is 872 g/mol. The Morgan fingerprint density at radius 2 is 0.683 bits per heavy atom. The summed E-state index contributed by atoms with van der Waals surface area (Å²) in [7, 11) is 0. The molecule has 28 atom stereocenters. The van der Waals surface area contributed by atoms with E-state index in [0.717, 1.165) is 0 Å². The summed E-state index contributed by atoms with van der Waals surface area (Å²) in [5.41, 5.74) is 0. The van der Waals surface area contributed by atoms with Gasteiger partial charge in [-0.25, -0.2) is 0 Å². The predicted octanol–water partition coefficient (Wildman–Crippen LogP) is -12.8. The maximum atomic E-state index is 11.5. The van der Waals surface area contributed by atoms with Gasteiger partial charge in [0.05, 0.1) is 39.6 Å². The van der Waals surface area contributed by atoms with Gasteiger partial charge in [0.1, 0.15) is 134 Å². The minimum absolute atomic E-state index is 0.448. The normalized spacial score (nSPS) is 53.6. The Balaban J connectivity index is 1.17. The number of aliphatic hydroxyl groups is 18. The van der Waals surface area contributed by atoms with Crippen LogP contribution in [0.1, 0.15) is 0 Å². The van der Waals surface area contributed by atoms with Gasteiger partial charge in [0.2, 0.25) is 0 Å². The van der Waals surface area contributed by atoms with Gasteiger partial charge in [0.25, 0.3) is 0 Å². The summed E-state index contributed by atoms with van der Waals surface area (Å²) in [4.78, 5) is 0. The zero-order valence-electron chi connectivity index (χ0n) is 32.9. The first-order valence-electron chi connectivity index (χ1n) is 19.9. The first-order chi connectivity index (χ1) is 29.8. The summed E-state index contributed by atoms with van der Waals surface area (Å²) < 4.78 is 60.6. The van der Waals surface area contributed by atoms with Crippen molar-refractivity contribution in [3.8, 4) is 0 Å². The Hall–Kier alpha value is -1.16. The summed E-state index contributed by atoms with van der Waals surface area (Å²) in [6.45, 7) is -4.33. The van der Waals surface area contributed by atoms with Crippen LogP contribution >= 0.6 is 0 Å². The van der Waals surface area contributed by atoms with Crippen LogP contribution in [-0.2, 0) is 52.1 Å². The van der Waals surface area contributed by atoms with Gasteiger partial charge < -0.3 is 144 Å². The summed E-state index contributed by atoms with van der Waals surface area (Å²) in [6, 6.07) is 0. The molecule has 0 spiro atoms. The minimum Gasteiger partial charge on any atom is -0.394 e. The molecule has 18 N–H and O–H groups in total. The highest BCUT2D eigenvalue weighted by atomic mass is 16.8. The SMILES string of the molecule is OC[C@H]1O[C@@H](O[C@H]2[C@H](O)[C@@H](O)C(O)O[C@@H]2CO)[C@H](O)[C@@H](O)[C@@H]1O[C@@H]1O[C@H](CO[C@H]2OC[C@@H](O)[C@H](O)[C@H]2O)[C@@H](O[C@@H]2O[C@H](CO[C@H]3OC[C@@H](O)[C@H](O)[C@H]3O)[C@@H](O)[C@H](O)[C@H]2O)[C@H](O)[C@H]1O. The summed E-state index contributed by atoms with van der Waals surface area (Å²) in [5.74, 6) is 0. The van der Waals surface area contributed by atoms with Crippen LogP contribution in [0.25, 0.3) is 0 Å². The lowest BCUT2D eigenvalue weighted by molar-refractivity contribution is -0.391. The molecule has 6 saturated heterocycles. The summed E-state index contributed by atoms with van der Waals surface area (Å²) in [5, 5.41) is 188. The number of hydrogen-bond acceptors (Lipinski definition) is 29. The predicted molar refractivity (Wildman–Crippen MR) is 187 cm³/mol. The van der Waals surface area contributed by atoms with Crippen molar-refractivity contribution >= 4 is 0 Å². The minimum atomic E-state index is -2.20. The fourth-order valence-electron chi connectivity index (χ4n) is 7.75. The highest BCUT2D eigenvalue weighted by Crippen LogP contribution is 2.35. The molecule has 0 bridgehead atoms. The molecule has 29 heteroatoms. The molecule has 0 radical (unpaired) electrons. The molecule has 6 rings (SSSR count). The van der Waals surface area contributed by atoms with Gasteiger partial charge in [-0.1, -0.05) is 0 Å². The van der Waals surface area contributed by atoms with E-state index in [0.29, 0.717) is 0 Å². The Morgan fingerprint density at radius 3 is 1.14 bits per heavy atom. The zero-order valence-corrected chi connectivity index (χ0v) is 32.9. The number of aliphatic hydroxyl groups excluding tert-OH is 18. The van der Waals surface area contributed by atoms with Gasteiger partial charge in [-0.3, -0.25) is 0 Å². The quantitative estimate of drug-likeness (QED) is 0.0769. The molecule has 368 valence electrons. The van der Waals surface area contributed by atoms with Gasteiger partial charge in [-0.15, -0.1) is 0 Å². The molecule has 6 aliphatic heterocycles.